The number of nitrogens with zero attached hydrogens (tertiary/aromatic N) is 8. The fourth-order valence-electron chi connectivity index (χ4n) is 3.97. The van der Waals surface area contributed by atoms with Crippen LogP contribution < -0.4 is 4.74 Å². The molecule has 0 saturated carbocycles. The molecule has 0 aliphatic carbocycles. The highest BCUT2D eigenvalue weighted by Crippen LogP contribution is 2.29. The first-order valence-corrected chi connectivity index (χ1v) is 10.4. The molecule has 162 valence electrons. The third kappa shape index (κ3) is 3.53. The molecule has 0 N–H and O–H groups in total. The molecule has 0 aromatic carbocycles. The average molecular weight is 426 g/mol. The summed E-state index contributed by atoms with van der Waals surface area (Å²) in [5, 5.41) is 0. The lowest BCUT2D eigenvalue weighted by molar-refractivity contribution is 0.0698. The minimum absolute atomic E-state index is 0.134. The van der Waals surface area contributed by atoms with E-state index in [2.05, 4.69) is 19.9 Å². The number of rotatable bonds is 4. The van der Waals surface area contributed by atoms with Crippen LogP contribution in [0.3, 0.4) is 0 Å². The van der Waals surface area contributed by atoms with Gasteiger partial charge in [0.1, 0.15) is 30.3 Å². The van der Waals surface area contributed by atoms with Crippen molar-refractivity contribution in [1.82, 2.24) is 39.3 Å². The van der Waals surface area contributed by atoms with Crippen molar-refractivity contribution in [3.8, 4) is 17.3 Å². The summed E-state index contributed by atoms with van der Waals surface area (Å²) in [5.74, 6) is 1.77. The van der Waals surface area contributed by atoms with Crippen LogP contribution in [-0.2, 0) is 6.54 Å². The first kappa shape index (κ1) is 19.6. The van der Waals surface area contributed by atoms with Gasteiger partial charge in [0.15, 0.2) is 11.2 Å². The summed E-state index contributed by atoms with van der Waals surface area (Å²) < 4.78 is 21.2. The van der Waals surface area contributed by atoms with Crippen LogP contribution in [0.1, 0.15) is 19.2 Å². The fraction of sp³-hybridized carbons (Fsp3) is 0.500. The molecule has 2 aliphatic heterocycles. The maximum atomic E-state index is 13.1. The standard InChI is InChI=1S/C20H23FN8O2/c1-3-29-17(13-6-22-12(2)23-7-13)26-16-18(29)24-11-25-19(16)31-15-4-5-27(10-15)20(30)28-8-14(21)9-28/h6-7,11,14-15H,3-5,8-10H2,1-2H3/t15-/m0/s1. The summed E-state index contributed by atoms with van der Waals surface area (Å²) in [6.07, 6.45) is 4.50. The molecule has 2 saturated heterocycles. The third-order valence-electron chi connectivity index (χ3n) is 5.66. The van der Waals surface area contributed by atoms with E-state index in [0.29, 0.717) is 54.7 Å². The molecule has 31 heavy (non-hydrogen) atoms. The van der Waals surface area contributed by atoms with Crippen LogP contribution in [0.2, 0.25) is 0 Å². The molecule has 5 rings (SSSR count). The first-order chi connectivity index (χ1) is 15.0. The zero-order valence-electron chi connectivity index (χ0n) is 17.4. The van der Waals surface area contributed by atoms with Gasteiger partial charge in [0.2, 0.25) is 5.88 Å². The number of carbonyl (C=O) groups excluding carboxylic acids is 1. The second-order valence-corrected chi connectivity index (χ2v) is 7.81. The van der Waals surface area contributed by atoms with Crippen molar-refractivity contribution < 1.29 is 13.9 Å². The van der Waals surface area contributed by atoms with E-state index in [0.717, 1.165) is 5.56 Å². The predicted octanol–water partition coefficient (Wildman–Crippen LogP) is 1.84. The molecular weight excluding hydrogens is 403 g/mol. The molecule has 0 radical (unpaired) electrons. The van der Waals surface area contributed by atoms with Gasteiger partial charge >= 0.3 is 6.03 Å². The normalized spacial score (nSPS) is 19.1. The lowest BCUT2D eigenvalue weighted by Crippen LogP contribution is -2.55. The summed E-state index contributed by atoms with van der Waals surface area (Å²) in [5.41, 5.74) is 2.02. The summed E-state index contributed by atoms with van der Waals surface area (Å²) in [6, 6.07) is -0.134. The number of ether oxygens (including phenoxy) is 1. The number of alkyl halides is 1. The number of urea groups is 1. The average Bonchev–Trinajstić information content (AvgIpc) is 3.36. The van der Waals surface area contributed by atoms with E-state index in [9.17, 15) is 9.18 Å². The summed E-state index contributed by atoms with van der Waals surface area (Å²) in [6.45, 7) is 5.86. The number of amides is 2. The maximum absolute atomic E-state index is 13.1. The van der Waals surface area contributed by atoms with Crippen LogP contribution in [0, 0.1) is 6.92 Å². The Morgan fingerprint density at radius 3 is 2.65 bits per heavy atom. The number of carbonyl (C=O) groups is 1. The topological polar surface area (TPSA) is 102 Å². The minimum Gasteiger partial charge on any atom is -0.471 e. The van der Waals surface area contributed by atoms with Crippen LogP contribution in [0.5, 0.6) is 5.88 Å². The minimum atomic E-state index is -0.908. The fourth-order valence-corrected chi connectivity index (χ4v) is 3.97. The predicted molar refractivity (Wildman–Crippen MR) is 109 cm³/mol. The van der Waals surface area contributed by atoms with Crippen molar-refractivity contribution in [3.05, 3.63) is 24.5 Å². The van der Waals surface area contributed by atoms with E-state index in [4.69, 9.17) is 9.72 Å². The molecule has 2 amide bonds. The molecule has 2 fully saturated rings. The van der Waals surface area contributed by atoms with Gasteiger partial charge in [0.05, 0.1) is 25.2 Å². The number of hydrogen-bond donors (Lipinski definition) is 0. The molecular formula is C20H23FN8O2. The van der Waals surface area contributed by atoms with E-state index in [1.807, 2.05) is 18.4 Å². The van der Waals surface area contributed by atoms with Gasteiger partial charge in [-0.2, -0.15) is 4.98 Å². The maximum Gasteiger partial charge on any atom is 0.320 e. The highest BCUT2D eigenvalue weighted by molar-refractivity contribution is 5.81. The Labute approximate surface area is 178 Å². The van der Waals surface area contributed by atoms with Gasteiger partial charge in [-0.3, -0.25) is 0 Å². The van der Waals surface area contributed by atoms with Gasteiger partial charge in [0.25, 0.3) is 0 Å². The molecule has 0 spiro atoms. The third-order valence-corrected chi connectivity index (χ3v) is 5.66. The molecule has 2 aliphatic rings. The molecule has 5 heterocycles. The van der Waals surface area contributed by atoms with Crippen LogP contribution in [-0.4, -0.2) is 83.8 Å². The first-order valence-electron chi connectivity index (χ1n) is 10.4. The number of halogens is 1. The summed E-state index contributed by atoms with van der Waals surface area (Å²) in [7, 11) is 0. The van der Waals surface area contributed by atoms with E-state index in [1.54, 1.807) is 17.3 Å². The lowest BCUT2D eigenvalue weighted by atomic mass is 10.2. The Hall–Kier alpha value is -3.37. The van der Waals surface area contributed by atoms with Gasteiger partial charge in [0, 0.05) is 31.9 Å². The van der Waals surface area contributed by atoms with Crippen LogP contribution in [0.4, 0.5) is 9.18 Å². The van der Waals surface area contributed by atoms with Crippen molar-refractivity contribution in [2.45, 2.75) is 39.1 Å². The summed E-state index contributed by atoms with van der Waals surface area (Å²) in [4.78, 5) is 37.6. The molecule has 3 aromatic heterocycles. The van der Waals surface area contributed by atoms with Crippen molar-refractivity contribution >= 4 is 17.2 Å². The zero-order valence-corrected chi connectivity index (χ0v) is 17.4. The van der Waals surface area contributed by atoms with Gasteiger partial charge in [-0.15, -0.1) is 0 Å². The second kappa shape index (κ2) is 7.71. The van der Waals surface area contributed by atoms with Crippen molar-refractivity contribution in [2.24, 2.45) is 0 Å². The Kier molecular flexibility index (Phi) is 4.87. The van der Waals surface area contributed by atoms with Crippen LogP contribution >= 0.6 is 0 Å². The Bertz CT molecular complexity index is 1110. The Morgan fingerprint density at radius 1 is 1.16 bits per heavy atom. The number of aryl methyl sites for hydroxylation is 2. The monoisotopic (exact) mass is 426 g/mol. The highest BCUT2D eigenvalue weighted by atomic mass is 19.1. The number of likely N-dealkylation sites (tertiary alicyclic amines) is 2. The Balaban J connectivity index is 1.38. The Morgan fingerprint density at radius 2 is 1.94 bits per heavy atom. The second-order valence-electron chi connectivity index (χ2n) is 7.81. The lowest BCUT2D eigenvalue weighted by Gasteiger charge is -2.37. The molecule has 3 aromatic rings. The number of hydrogen-bond acceptors (Lipinski definition) is 7. The van der Waals surface area contributed by atoms with Gasteiger partial charge in [-0.05, 0) is 13.8 Å². The van der Waals surface area contributed by atoms with Crippen molar-refractivity contribution in [3.63, 3.8) is 0 Å². The van der Waals surface area contributed by atoms with Gasteiger partial charge < -0.3 is 19.1 Å². The number of fused-ring (bicyclic) bond motifs is 1. The van der Waals surface area contributed by atoms with Gasteiger partial charge in [-0.25, -0.2) is 29.1 Å². The van der Waals surface area contributed by atoms with Crippen molar-refractivity contribution in [2.75, 3.05) is 26.2 Å². The quantitative estimate of drug-likeness (QED) is 0.627. The smallest absolute Gasteiger partial charge is 0.320 e. The largest absolute Gasteiger partial charge is 0.471 e. The highest BCUT2D eigenvalue weighted by Gasteiger charge is 2.37. The molecule has 0 unspecified atom stereocenters. The molecule has 1 atom stereocenters. The van der Waals surface area contributed by atoms with E-state index in [1.165, 1.54) is 11.2 Å². The van der Waals surface area contributed by atoms with Crippen molar-refractivity contribution in [1.29, 1.82) is 0 Å². The molecule has 10 nitrogen and oxygen atoms in total. The zero-order chi connectivity index (χ0) is 21.5. The van der Waals surface area contributed by atoms with Crippen LogP contribution in [0.15, 0.2) is 18.7 Å². The number of imidazole rings is 1. The van der Waals surface area contributed by atoms with Gasteiger partial charge in [-0.1, -0.05) is 0 Å². The van der Waals surface area contributed by atoms with E-state index in [-0.39, 0.29) is 25.2 Å². The van der Waals surface area contributed by atoms with Crippen LogP contribution in [0.25, 0.3) is 22.6 Å². The van der Waals surface area contributed by atoms with E-state index >= 15 is 0 Å². The molecule has 0 bridgehead atoms. The SMILES string of the molecule is CCn1c(-c2cnc(C)nc2)nc2c(O[C@H]3CCN(C(=O)N4CC(F)C4)C3)ncnc21. The summed E-state index contributed by atoms with van der Waals surface area (Å²) >= 11 is 0. The number of aromatic nitrogens is 6. The van der Waals surface area contributed by atoms with E-state index < -0.39 is 6.17 Å². The molecule has 11 heteroatoms.